The Kier molecular flexibility index (Phi) is 6.20. The van der Waals surface area contributed by atoms with E-state index in [0.29, 0.717) is 38.8 Å². The Morgan fingerprint density at radius 2 is 1.85 bits per heavy atom. The molecular weight excluding hydrogens is 371 g/mol. The Balaban J connectivity index is 2.00. The van der Waals surface area contributed by atoms with Crippen LogP contribution in [0.15, 0.2) is 18.2 Å². The number of nitrogens with one attached hydrogen (secondary N) is 1. The van der Waals surface area contributed by atoms with Crippen molar-refractivity contribution in [3.63, 3.8) is 0 Å². The van der Waals surface area contributed by atoms with Crippen LogP contribution in [0.4, 0.5) is 29.3 Å². The monoisotopic (exact) mass is 389 g/mol. The molecule has 1 aromatic rings. The van der Waals surface area contributed by atoms with Gasteiger partial charge in [-0.05, 0) is 12.1 Å². The lowest BCUT2D eigenvalue weighted by Gasteiger charge is -2.35. The molecule has 2 rings (SSSR count). The second-order valence-electron chi connectivity index (χ2n) is 5.95. The summed E-state index contributed by atoms with van der Waals surface area (Å²) in [6, 6.07) is 1.54. The van der Waals surface area contributed by atoms with E-state index in [9.17, 15) is 32.9 Å². The van der Waals surface area contributed by atoms with Gasteiger partial charge in [0.15, 0.2) is 0 Å². The number of benzene rings is 1. The fourth-order valence-corrected chi connectivity index (χ4v) is 2.79. The second kappa shape index (κ2) is 8.20. The van der Waals surface area contributed by atoms with Crippen molar-refractivity contribution in [2.24, 2.45) is 5.73 Å². The van der Waals surface area contributed by atoms with Gasteiger partial charge in [0.2, 0.25) is 5.91 Å². The number of anilines is 1. The number of rotatable bonds is 5. The van der Waals surface area contributed by atoms with Gasteiger partial charge in [-0.1, -0.05) is 0 Å². The first kappa shape index (κ1) is 20.4. The van der Waals surface area contributed by atoms with Crippen LogP contribution in [0, 0.1) is 10.1 Å². The summed E-state index contributed by atoms with van der Waals surface area (Å²) in [6.45, 7) is 1.99. The summed E-state index contributed by atoms with van der Waals surface area (Å²) in [7, 11) is 0. The van der Waals surface area contributed by atoms with E-state index in [0.717, 1.165) is 12.1 Å². The molecule has 0 atom stereocenters. The number of primary amides is 1. The van der Waals surface area contributed by atoms with Gasteiger partial charge >= 0.3 is 12.2 Å². The SMILES string of the molecule is NC(=O)NC(=O)CCN1CCN(c2ccc(C(F)(F)F)cc2[N+](=O)[O-])CC1. The lowest BCUT2D eigenvalue weighted by molar-refractivity contribution is -0.384. The first-order chi connectivity index (χ1) is 12.6. The number of alkyl halides is 3. The average Bonchev–Trinajstić information content (AvgIpc) is 2.58. The maximum atomic E-state index is 12.8. The van der Waals surface area contributed by atoms with Crippen LogP contribution in [0.2, 0.25) is 0 Å². The van der Waals surface area contributed by atoms with Crippen LogP contribution in [0.1, 0.15) is 12.0 Å². The van der Waals surface area contributed by atoms with Crippen LogP contribution in [0.25, 0.3) is 0 Å². The van der Waals surface area contributed by atoms with E-state index in [1.165, 1.54) is 0 Å². The number of hydrogen-bond acceptors (Lipinski definition) is 6. The molecule has 0 aliphatic carbocycles. The third-order valence-corrected chi connectivity index (χ3v) is 4.13. The van der Waals surface area contributed by atoms with E-state index in [1.54, 1.807) is 4.90 Å². The number of piperazine rings is 1. The van der Waals surface area contributed by atoms with Crippen molar-refractivity contribution in [2.45, 2.75) is 12.6 Å². The number of urea groups is 1. The van der Waals surface area contributed by atoms with Gasteiger partial charge in [0, 0.05) is 45.2 Å². The summed E-state index contributed by atoms with van der Waals surface area (Å²) in [6.07, 6.45) is -4.60. The van der Waals surface area contributed by atoms with E-state index in [1.807, 2.05) is 10.2 Å². The highest BCUT2D eigenvalue weighted by Crippen LogP contribution is 2.36. The molecule has 1 fully saturated rings. The predicted octanol–water partition coefficient (Wildman–Crippen LogP) is 1.32. The fourth-order valence-electron chi connectivity index (χ4n) is 2.79. The molecule has 9 nitrogen and oxygen atoms in total. The molecule has 1 saturated heterocycles. The highest BCUT2D eigenvalue weighted by molar-refractivity contribution is 5.93. The smallest absolute Gasteiger partial charge is 0.363 e. The summed E-state index contributed by atoms with van der Waals surface area (Å²) in [5, 5.41) is 13.1. The zero-order valence-electron chi connectivity index (χ0n) is 14.2. The number of nitrogens with two attached hydrogens (primary N) is 1. The van der Waals surface area contributed by atoms with Gasteiger partial charge in [-0.2, -0.15) is 13.2 Å². The lowest BCUT2D eigenvalue weighted by Crippen LogP contribution is -2.47. The largest absolute Gasteiger partial charge is 0.416 e. The first-order valence-electron chi connectivity index (χ1n) is 8.00. The minimum absolute atomic E-state index is 0.0589. The van der Waals surface area contributed by atoms with Gasteiger partial charge in [0.1, 0.15) is 5.69 Å². The summed E-state index contributed by atoms with van der Waals surface area (Å²) >= 11 is 0. The molecule has 0 aromatic heterocycles. The highest BCUT2D eigenvalue weighted by Gasteiger charge is 2.34. The molecule has 3 N–H and O–H groups in total. The van der Waals surface area contributed by atoms with Gasteiger partial charge in [0.05, 0.1) is 10.5 Å². The van der Waals surface area contributed by atoms with Crippen molar-refractivity contribution in [2.75, 3.05) is 37.6 Å². The molecule has 1 aliphatic rings. The summed E-state index contributed by atoms with van der Waals surface area (Å²) in [5.74, 6) is -0.511. The predicted molar refractivity (Wildman–Crippen MR) is 89.1 cm³/mol. The van der Waals surface area contributed by atoms with Gasteiger partial charge in [0.25, 0.3) is 5.69 Å². The number of amides is 3. The zero-order valence-corrected chi connectivity index (χ0v) is 14.2. The number of nitrogens with zero attached hydrogens (tertiary/aromatic N) is 3. The zero-order chi connectivity index (χ0) is 20.2. The summed E-state index contributed by atoms with van der Waals surface area (Å²) in [5.41, 5.74) is 3.30. The maximum Gasteiger partial charge on any atom is 0.416 e. The van der Waals surface area contributed by atoms with E-state index in [4.69, 9.17) is 5.73 Å². The van der Waals surface area contributed by atoms with Crippen molar-refractivity contribution >= 4 is 23.3 Å². The molecule has 1 heterocycles. The molecule has 1 aromatic carbocycles. The van der Waals surface area contributed by atoms with Crippen LogP contribution in [0.5, 0.6) is 0 Å². The Labute approximate surface area is 152 Å². The third kappa shape index (κ3) is 5.54. The Hall–Kier alpha value is -2.89. The molecule has 0 bridgehead atoms. The van der Waals surface area contributed by atoms with Crippen LogP contribution < -0.4 is 16.0 Å². The van der Waals surface area contributed by atoms with E-state index in [-0.39, 0.29) is 12.1 Å². The van der Waals surface area contributed by atoms with E-state index < -0.39 is 34.3 Å². The number of carbonyl (C=O) groups is 2. The van der Waals surface area contributed by atoms with Crippen LogP contribution in [-0.2, 0) is 11.0 Å². The third-order valence-electron chi connectivity index (χ3n) is 4.13. The molecule has 12 heteroatoms. The molecular formula is C15H18F3N5O4. The summed E-state index contributed by atoms with van der Waals surface area (Å²) in [4.78, 5) is 35.9. The highest BCUT2D eigenvalue weighted by atomic mass is 19.4. The minimum atomic E-state index is -4.66. The molecule has 3 amide bonds. The van der Waals surface area contributed by atoms with E-state index in [2.05, 4.69) is 0 Å². The number of nitro groups is 1. The van der Waals surface area contributed by atoms with Crippen molar-refractivity contribution in [1.29, 1.82) is 0 Å². The fraction of sp³-hybridized carbons (Fsp3) is 0.467. The standard InChI is InChI=1S/C15H18F3N5O4/c16-15(17,18)10-1-2-11(12(9-10)23(26)27)22-7-5-21(6-8-22)4-3-13(24)20-14(19)25/h1-2,9H,3-8H2,(H3,19,20,24,25). The van der Waals surface area contributed by atoms with Crippen LogP contribution >= 0.6 is 0 Å². The average molecular weight is 389 g/mol. The normalized spacial score (nSPS) is 15.4. The van der Waals surface area contributed by atoms with Gasteiger partial charge in [-0.25, -0.2) is 4.79 Å². The van der Waals surface area contributed by atoms with Crippen molar-refractivity contribution in [1.82, 2.24) is 10.2 Å². The topological polar surface area (TPSA) is 122 Å². The van der Waals surface area contributed by atoms with Crippen LogP contribution in [-0.4, -0.2) is 54.5 Å². The van der Waals surface area contributed by atoms with Gasteiger partial charge in [-0.3, -0.25) is 25.1 Å². The quantitative estimate of drug-likeness (QED) is 0.579. The molecule has 1 aliphatic heterocycles. The minimum Gasteiger partial charge on any atom is -0.363 e. The van der Waals surface area contributed by atoms with Crippen LogP contribution in [0.3, 0.4) is 0 Å². The molecule has 27 heavy (non-hydrogen) atoms. The lowest BCUT2D eigenvalue weighted by atomic mass is 10.1. The number of nitro benzene ring substituents is 1. The van der Waals surface area contributed by atoms with Crippen molar-refractivity contribution in [3.8, 4) is 0 Å². The van der Waals surface area contributed by atoms with Gasteiger partial charge in [-0.15, -0.1) is 0 Å². The molecule has 0 spiro atoms. The molecule has 0 unspecified atom stereocenters. The Bertz CT molecular complexity index is 733. The number of imide groups is 1. The Morgan fingerprint density at radius 1 is 1.22 bits per heavy atom. The second-order valence-corrected chi connectivity index (χ2v) is 5.95. The molecule has 0 radical (unpaired) electrons. The van der Waals surface area contributed by atoms with Gasteiger partial charge < -0.3 is 10.6 Å². The number of hydrogen-bond donors (Lipinski definition) is 2. The number of halogens is 3. The van der Waals surface area contributed by atoms with E-state index >= 15 is 0 Å². The number of carbonyl (C=O) groups excluding carboxylic acids is 2. The Morgan fingerprint density at radius 3 is 2.37 bits per heavy atom. The van der Waals surface area contributed by atoms with Crippen molar-refractivity contribution < 1.29 is 27.7 Å². The molecule has 148 valence electrons. The van der Waals surface area contributed by atoms with Crippen molar-refractivity contribution in [3.05, 3.63) is 33.9 Å². The summed E-state index contributed by atoms with van der Waals surface area (Å²) < 4.78 is 38.3. The maximum absolute atomic E-state index is 12.8. The molecule has 0 saturated carbocycles. The first-order valence-corrected chi connectivity index (χ1v) is 8.00.